The first-order valence-electron chi connectivity index (χ1n) is 5.81. The standard InChI is InChI=1S/C12H24O3/c1-9-10(6-8-15-9)11(13)5-7-12(2,3)14-4/h9-11,13H,5-8H2,1-4H3. The van der Waals surface area contributed by atoms with Gasteiger partial charge in [-0.3, -0.25) is 0 Å². The van der Waals surface area contributed by atoms with Gasteiger partial charge in [-0.1, -0.05) is 0 Å². The van der Waals surface area contributed by atoms with Gasteiger partial charge < -0.3 is 14.6 Å². The van der Waals surface area contributed by atoms with Crippen molar-refractivity contribution in [3.63, 3.8) is 0 Å². The van der Waals surface area contributed by atoms with Gasteiger partial charge in [0.2, 0.25) is 0 Å². The molecule has 1 fully saturated rings. The van der Waals surface area contributed by atoms with Gasteiger partial charge in [-0.25, -0.2) is 0 Å². The zero-order chi connectivity index (χ0) is 11.5. The average Bonchev–Trinajstić information content (AvgIpc) is 2.61. The van der Waals surface area contributed by atoms with Crippen molar-refractivity contribution in [2.45, 2.75) is 57.8 Å². The van der Waals surface area contributed by atoms with E-state index in [0.717, 1.165) is 25.9 Å². The SMILES string of the molecule is COC(C)(C)CCC(O)C1CCOC1C. The highest BCUT2D eigenvalue weighted by Gasteiger charge is 2.31. The first kappa shape index (κ1) is 12.9. The predicted octanol–water partition coefficient (Wildman–Crippen LogP) is 1.98. The van der Waals surface area contributed by atoms with Crippen LogP contribution in [0.4, 0.5) is 0 Å². The number of rotatable bonds is 5. The molecule has 3 heteroatoms. The maximum absolute atomic E-state index is 10.0. The van der Waals surface area contributed by atoms with E-state index in [4.69, 9.17) is 9.47 Å². The second-order valence-corrected chi connectivity index (χ2v) is 5.10. The molecule has 1 aliphatic rings. The van der Waals surface area contributed by atoms with Gasteiger partial charge in [-0.15, -0.1) is 0 Å². The maximum Gasteiger partial charge on any atom is 0.0623 e. The van der Waals surface area contributed by atoms with Crippen molar-refractivity contribution in [1.29, 1.82) is 0 Å². The highest BCUT2D eigenvalue weighted by atomic mass is 16.5. The van der Waals surface area contributed by atoms with Crippen LogP contribution in [0.2, 0.25) is 0 Å². The van der Waals surface area contributed by atoms with Gasteiger partial charge >= 0.3 is 0 Å². The number of aliphatic hydroxyl groups excluding tert-OH is 1. The zero-order valence-electron chi connectivity index (χ0n) is 10.3. The molecule has 90 valence electrons. The van der Waals surface area contributed by atoms with Crippen molar-refractivity contribution in [3.8, 4) is 0 Å². The number of hydrogen-bond acceptors (Lipinski definition) is 3. The largest absolute Gasteiger partial charge is 0.393 e. The summed E-state index contributed by atoms with van der Waals surface area (Å²) < 4.78 is 10.8. The predicted molar refractivity (Wildman–Crippen MR) is 59.8 cm³/mol. The van der Waals surface area contributed by atoms with Gasteiger partial charge in [0.1, 0.15) is 0 Å². The molecule has 1 rings (SSSR count). The van der Waals surface area contributed by atoms with Crippen LogP contribution in [0.15, 0.2) is 0 Å². The Hall–Kier alpha value is -0.120. The molecular formula is C12H24O3. The molecule has 3 nitrogen and oxygen atoms in total. The molecule has 0 bridgehead atoms. The molecule has 0 aromatic carbocycles. The molecule has 0 amide bonds. The molecule has 15 heavy (non-hydrogen) atoms. The Morgan fingerprint density at radius 1 is 1.53 bits per heavy atom. The van der Waals surface area contributed by atoms with Crippen LogP contribution in [0.25, 0.3) is 0 Å². The monoisotopic (exact) mass is 216 g/mol. The van der Waals surface area contributed by atoms with Crippen LogP contribution in [0.3, 0.4) is 0 Å². The summed E-state index contributed by atoms with van der Waals surface area (Å²) in [6.07, 6.45) is 2.60. The lowest BCUT2D eigenvalue weighted by Crippen LogP contribution is -2.30. The third kappa shape index (κ3) is 3.74. The average molecular weight is 216 g/mol. The van der Waals surface area contributed by atoms with E-state index in [1.54, 1.807) is 7.11 Å². The summed E-state index contributed by atoms with van der Waals surface area (Å²) >= 11 is 0. The summed E-state index contributed by atoms with van der Waals surface area (Å²) in [5.74, 6) is 0.303. The summed E-state index contributed by atoms with van der Waals surface area (Å²) in [6, 6.07) is 0. The first-order valence-corrected chi connectivity index (χ1v) is 5.81. The lowest BCUT2D eigenvalue weighted by molar-refractivity contribution is -0.0117. The minimum Gasteiger partial charge on any atom is -0.393 e. The number of aliphatic hydroxyl groups is 1. The van der Waals surface area contributed by atoms with E-state index in [1.165, 1.54) is 0 Å². The lowest BCUT2D eigenvalue weighted by Gasteiger charge is -2.27. The van der Waals surface area contributed by atoms with Gasteiger partial charge in [0.15, 0.2) is 0 Å². The fourth-order valence-electron chi connectivity index (χ4n) is 2.07. The maximum atomic E-state index is 10.0. The summed E-state index contributed by atoms with van der Waals surface area (Å²) in [4.78, 5) is 0. The molecule has 1 heterocycles. The normalized spacial score (nSPS) is 29.4. The highest BCUT2D eigenvalue weighted by Crippen LogP contribution is 2.28. The smallest absolute Gasteiger partial charge is 0.0623 e. The van der Waals surface area contributed by atoms with E-state index in [-0.39, 0.29) is 17.8 Å². The summed E-state index contributed by atoms with van der Waals surface area (Å²) in [5.41, 5.74) is -0.135. The van der Waals surface area contributed by atoms with Crippen molar-refractivity contribution in [3.05, 3.63) is 0 Å². The van der Waals surface area contributed by atoms with E-state index >= 15 is 0 Å². The van der Waals surface area contributed by atoms with Crippen LogP contribution in [0, 0.1) is 5.92 Å². The van der Waals surface area contributed by atoms with E-state index in [2.05, 4.69) is 0 Å². The van der Waals surface area contributed by atoms with E-state index in [1.807, 2.05) is 20.8 Å². The fourth-order valence-corrected chi connectivity index (χ4v) is 2.07. The molecule has 1 N–H and O–H groups in total. The Bertz CT molecular complexity index is 191. The molecule has 1 aliphatic heterocycles. The Morgan fingerprint density at radius 3 is 2.67 bits per heavy atom. The molecule has 0 aromatic rings. The molecular weight excluding hydrogens is 192 g/mol. The van der Waals surface area contributed by atoms with Crippen LogP contribution in [0.1, 0.15) is 40.0 Å². The fraction of sp³-hybridized carbons (Fsp3) is 1.00. The van der Waals surface area contributed by atoms with Crippen molar-refractivity contribution < 1.29 is 14.6 Å². The molecule has 0 aromatic heterocycles. The summed E-state index contributed by atoms with van der Waals surface area (Å²) in [6.45, 7) is 6.93. The second kappa shape index (κ2) is 5.28. The third-order valence-corrected chi connectivity index (χ3v) is 3.52. The Balaban J connectivity index is 2.32. The second-order valence-electron chi connectivity index (χ2n) is 5.10. The van der Waals surface area contributed by atoms with Crippen molar-refractivity contribution in [1.82, 2.24) is 0 Å². The number of hydrogen-bond donors (Lipinski definition) is 1. The zero-order valence-corrected chi connectivity index (χ0v) is 10.3. The molecule has 0 radical (unpaired) electrons. The summed E-state index contributed by atoms with van der Waals surface area (Å²) in [5, 5.41) is 10.0. The van der Waals surface area contributed by atoms with Crippen LogP contribution in [0.5, 0.6) is 0 Å². The third-order valence-electron chi connectivity index (χ3n) is 3.52. The van der Waals surface area contributed by atoms with Gasteiger partial charge in [0.25, 0.3) is 0 Å². The quantitative estimate of drug-likeness (QED) is 0.763. The van der Waals surface area contributed by atoms with E-state index in [9.17, 15) is 5.11 Å². The minimum absolute atomic E-state index is 0.135. The molecule has 0 spiro atoms. The van der Waals surface area contributed by atoms with E-state index in [0.29, 0.717) is 5.92 Å². The topological polar surface area (TPSA) is 38.7 Å². The van der Waals surface area contributed by atoms with Crippen molar-refractivity contribution >= 4 is 0 Å². The van der Waals surface area contributed by atoms with Crippen molar-refractivity contribution in [2.24, 2.45) is 5.92 Å². The van der Waals surface area contributed by atoms with Gasteiger partial charge in [0.05, 0.1) is 17.8 Å². The molecule has 1 saturated heterocycles. The van der Waals surface area contributed by atoms with Crippen LogP contribution >= 0.6 is 0 Å². The van der Waals surface area contributed by atoms with Crippen LogP contribution in [-0.4, -0.2) is 36.6 Å². The minimum atomic E-state index is -0.253. The number of methoxy groups -OCH3 is 1. The van der Waals surface area contributed by atoms with Gasteiger partial charge in [-0.05, 0) is 40.0 Å². The summed E-state index contributed by atoms with van der Waals surface area (Å²) in [7, 11) is 1.72. The van der Waals surface area contributed by atoms with Crippen LogP contribution < -0.4 is 0 Å². The molecule has 0 aliphatic carbocycles. The molecule has 3 unspecified atom stereocenters. The Labute approximate surface area is 92.8 Å². The van der Waals surface area contributed by atoms with Gasteiger partial charge in [-0.2, -0.15) is 0 Å². The first-order chi connectivity index (χ1) is 6.96. The molecule has 0 saturated carbocycles. The Kier molecular flexibility index (Phi) is 4.56. The number of ether oxygens (including phenoxy) is 2. The van der Waals surface area contributed by atoms with Crippen molar-refractivity contribution in [2.75, 3.05) is 13.7 Å². The van der Waals surface area contributed by atoms with E-state index < -0.39 is 0 Å². The molecule has 3 atom stereocenters. The Morgan fingerprint density at radius 2 is 2.20 bits per heavy atom. The lowest BCUT2D eigenvalue weighted by atomic mass is 9.89. The highest BCUT2D eigenvalue weighted by molar-refractivity contribution is 4.81. The van der Waals surface area contributed by atoms with Gasteiger partial charge in [0, 0.05) is 19.6 Å². The van der Waals surface area contributed by atoms with Crippen LogP contribution in [-0.2, 0) is 9.47 Å².